The molecule has 0 aliphatic carbocycles. The molecule has 0 amide bonds. The van der Waals surface area contributed by atoms with Crippen LogP contribution in [0.3, 0.4) is 0 Å². The number of hydrogen-bond acceptors (Lipinski definition) is 6. The Hall–Kier alpha value is -2.33. The quantitative estimate of drug-likeness (QED) is 0.678. The molecular weight excluding hydrogens is 354 g/mol. The van der Waals surface area contributed by atoms with Crippen molar-refractivity contribution in [3.63, 3.8) is 0 Å². The summed E-state index contributed by atoms with van der Waals surface area (Å²) >= 11 is 0. The Morgan fingerprint density at radius 3 is 2.54 bits per heavy atom. The minimum atomic E-state index is -3.51. The van der Waals surface area contributed by atoms with E-state index in [1.54, 1.807) is 23.0 Å². The number of aromatic nitrogens is 6. The number of aryl methyl sites for hydroxylation is 2. The molecule has 1 aliphatic rings. The molecule has 9 nitrogen and oxygen atoms in total. The molecule has 10 heteroatoms. The van der Waals surface area contributed by atoms with Gasteiger partial charge in [0.1, 0.15) is 11.2 Å². The van der Waals surface area contributed by atoms with Crippen LogP contribution in [-0.4, -0.2) is 55.4 Å². The fourth-order valence-electron chi connectivity index (χ4n) is 3.51. The van der Waals surface area contributed by atoms with E-state index in [1.165, 1.54) is 17.2 Å². The third-order valence-corrected chi connectivity index (χ3v) is 7.16. The molecule has 0 radical (unpaired) electrons. The molecule has 0 aromatic carbocycles. The monoisotopic (exact) mass is 375 g/mol. The Balaban J connectivity index is 1.55. The Bertz CT molecular complexity index is 1060. The van der Waals surface area contributed by atoms with E-state index in [1.807, 2.05) is 13.0 Å². The zero-order chi connectivity index (χ0) is 18.5. The van der Waals surface area contributed by atoms with Crippen molar-refractivity contribution in [1.29, 1.82) is 0 Å². The lowest BCUT2D eigenvalue weighted by molar-refractivity contribution is 0.314. The largest absolute Gasteiger partial charge is 0.272 e. The van der Waals surface area contributed by atoms with Crippen molar-refractivity contribution >= 4 is 15.7 Å². The second-order valence-corrected chi connectivity index (χ2v) is 8.62. The van der Waals surface area contributed by atoms with Gasteiger partial charge in [0.2, 0.25) is 10.0 Å². The highest BCUT2D eigenvalue weighted by Gasteiger charge is 2.33. The van der Waals surface area contributed by atoms with Gasteiger partial charge in [-0.2, -0.15) is 14.5 Å². The number of sulfonamides is 1. The van der Waals surface area contributed by atoms with Gasteiger partial charge in [-0.25, -0.2) is 13.4 Å². The molecular formula is C16H21N7O2S. The minimum absolute atomic E-state index is 0.213. The van der Waals surface area contributed by atoms with E-state index in [0.717, 1.165) is 29.7 Å². The van der Waals surface area contributed by atoms with E-state index in [2.05, 4.69) is 20.3 Å². The van der Waals surface area contributed by atoms with Crippen molar-refractivity contribution < 1.29 is 8.42 Å². The van der Waals surface area contributed by atoms with Crippen LogP contribution in [0.5, 0.6) is 0 Å². The maximum atomic E-state index is 12.9. The third kappa shape index (κ3) is 2.69. The first-order valence-corrected chi connectivity index (χ1v) is 9.98. The van der Waals surface area contributed by atoms with Crippen LogP contribution in [0, 0.1) is 13.8 Å². The molecule has 0 unspecified atom stereocenters. The molecule has 1 aliphatic heterocycles. The molecule has 0 saturated carbocycles. The molecule has 0 spiro atoms. The summed E-state index contributed by atoms with van der Waals surface area (Å²) in [6.45, 7) is 4.72. The van der Waals surface area contributed by atoms with E-state index in [-0.39, 0.29) is 10.8 Å². The van der Waals surface area contributed by atoms with Gasteiger partial charge in [-0.3, -0.25) is 4.68 Å². The van der Waals surface area contributed by atoms with E-state index in [4.69, 9.17) is 0 Å². The Morgan fingerprint density at radius 1 is 1.15 bits per heavy atom. The van der Waals surface area contributed by atoms with Gasteiger partial charge in [-0.15, -0.1) is 9.73 Å². The number of fused-ring (bicyclic) bond motifs is 1. The first kappa shape index (κ1) is 17.1. The number of nitrogens with zero attached hydrogens (tertiary/aromatic N) is 7. The van der Waals surface area contributed by atoms with Crippen molar-refractivity contribution in [2.45, 2.75) is 37.5 Å². The topological polar surface area (TPSA) is 98.3 Å². The number of piperidine rings is 1. The van der Waals surface area contributed by atoms with E-state index in [0.29, 0.717) is 18.8 Å². The summed E-state index contributed by atoms with van der Waals surface area (Å²) < 4.78 is 30.5. The lowest BCUT2D eigenvalue weighted by atomic mass is 9.92. The van der Waals surface area contributed by atoms with Crippen LogP contribution in [0.15, 0.2) is 23.5 Å². The van der Waals surface area contributed by atoms with E-state index >= 15 is 0 Å². The van der Waals surface area contributed by atoms with Crippen LogP contribution in [0.2, 0.25) is 0 Å². The Labute approximate surface area is 151 Å². The zero-order valence-electron chi connectivity index (χ0n) is 15.0. The lowest BCUT2D eigenvalue weighted by Crippen LogP contribution is -2.38. The first-order chi connectivity index (χ1) is 12.4. The normalized spacial score (nSPS) is 17.2. The molecule has 0 bridgehead atoms. The van der Waals surface area contributed by atoms with Crippen LogP contribution < -0.4 is 0 Å². The second-order valence-electron chi connectivity index (χ2n) is 6.72. The molecule has 0 N–H and O–H groups in total. The molecule has 138 valence electrons. The highest BCUT2D eigenvalue weighted by atomic mass is 32.2. The summed E-state index contributed by atoms with van der Waals surface area (Å²) in [6, 6.07) is 1.97. The van der Waals surface area contributed by atoms with Gasteiger partial charge in [0.25, 0.3) is 0 Å². The summed E-state index contributed by atoms with van der Waals surface area (Å²) in [6.07, 6.45) is 4.37. The summed E-state index contributed by atoms with van der Waals surface area (Å²) in [5.41, 5.74) is 3.41. The van der Waals surface area contributed by atoms with Gasteiger partial charge in [0, 0.05) is 26.1 Å². The molecule has 4 rings (SSSR count). The molecule has 0 atom stereocenters. The minimum Gasteiger partial charge on any atom is -0.272 e. The molecule has 1 saturated heterocycles. The summed E-state index contributed by atoms with van der Waals surface area (Å²) in [5.74, 6) is 0.213. The highest BCUT2D eigenvalue weighted by molar-refractivity contribution is 7.89. The number of hydrogen-bond donors (Lipinski definition) is 0. The highest BCUT2D eigenvalue weighted by Crippen LogP contribution is 2.31. The number of rotatable bonds is 3. The molecule has 26 heavy (non-hydrogen) atoms. The summed E-state index contributed by atoms with van der Waals surface area (Å²) in [5, 5.41) is 12.7. The zero-order valence-corrected chi connectivity index (χ0v) is 15.8. The molecule has 4 heterocycles. The first-order valence-electron chi connectivity index (χ1n) is 8.54. The molecule has 1 fully saturated rings. The van der Waals surface area contributed by atoms with Gasteiger partial charge in [0.05, 0.1) is 17.6 Å². The standard InChI is InChI=1S/C16H21N7O2S/c1-11-8-15-17-10-19-23(15)20-16(11)13-4-6-22(7-5-13)26(24,25)14-9-18-21(3)12(14)2/h8-10,13H,4-7H2,1-3H3. The van der Waals surface area contributed by atoms with Crippen molar-refractivity contribution in [2.24, 2.45) is 7.05 Å². The van der Waals surface area contributed by atoms with Gasteiger partial charge < -0.3 is 0 Å². The van der Waals surface area contributed by atoms with Crippen LogP contribution in [0.1, 0.15) is 35.7 Å². The van der Waals surface area contributed by atoms with Crippen LogP contribution >= 0.6 is 0 Å². The average molecular weight is 375 g/mol. The predicted octanol–water partition coefficient (Wildman–Crippen LogP) is 1.04. The van der Waals surface area contributed by atoms with Gasteiger partial charge in [-0.1, -0.05) is 0 Å². The van der Waals surface area contributed by atoms with Gasteiger partial charge in [0.15, 0.2) is 5.65 Å². The second kappa shape index (κ2) is 6.13. The lowest BCUT2D eigenvalue weighted by Gasteiger charge is -2.31. The predicted molar refractivity (Wildman–Crippen MR) is 94.2 cm³/mol. The van der Waals surface area contributed by atoms with E-state index in [9.17, 15) is 8.42 Å². The smallest absolute Gasteiger partial charge is 0.246 e. The van der Waals surface area contributed by atoms with Crippen molar-refractivity contribution in [3.8, 4) is 0 Å². The van der Waals surface area contributed by atoms with Gasteiger partial charge >= 0.3 is 0 Å². The van der Waals surface area contributed by atoms with Crippen LogP contribution in [0.4, 0.5) is 0 Å². The maximum absolute atomic E-state index is 12.9. The fraction of sp³-hybridized carbons (Fsp3) is 0.500. The SMILES string of the molecule is Cc1cc2ncnn2nc1C1CCN(S(=O)(=O)c2cnn(C)c2C)CC1. The Kier molecular flexibility index (Phi) is 4.03. The molecule has 3 aromatic rings. The average Bonchev–Trinajstić information content (AvgIpc) is 3.21. The van der Waals surface area contributed by atoms with E-state index < -0.39 is 10.0 Å². The third-order valence-electron chi connectivity index (χ3n) is 5.16. The summed E-state index contributed by atoms with van der Waals surface area (Å²) in [4.78, 5) is 4.44. The maximum Gasteiger partial charge on any atom is 0.246 e. The van der Waals surface area contributed by atoms with Crippen LogP contribution in [0.25, 0.3) is 5.65 Å². The summed E-state index contributed by atoms with van der Waals surface area (Å²) in [7, 11) is -1.77. The molecule has 3 aromatic heterocycles. The van der Waals surface area contributed by atoms with Gasteiger partial charge in [-0.05, 0) is 38.3 Å². The Morgan fingerprint density at radius 2 is 1.88 bits per heavy atom. The van der Waals surface area contributed by atoms with Crippen molar-refractivity contribution in [2.75, 3.05) is 13.1 Å². The van der Waals surface area contributed by atoms with Crippen LogP contribution in [-0.2, 0) is 17.1 Å². The van der Waals surface area contributed by atoms with Crippen molar-refractivity contribution in [3.05, 3.63) is 35.5 Å². The fourth-order valence-corrected chi connectivity index (χ4v) is 5.16. The van der Waals surface area contributed by atoms with Crippen molar-refractivity contribution in [1.82, 2.24) is 33.9 Å².